The SMILES string of the molecule is CCCN1CCC(CN=C(NCC)NC2CCN(c3cccc(Cl)c3)C2)C1.I. The lowest BCUT2D eigenvalue weighted by Gasteiger charge is -2.21. The molecule has 3 rings (SSSR count). The molecule has 0 saturated carbocycles. The number of hydrogen-bond acceptors (Lipinski definition) is 3. The van der Waals surface area contributed by atoms with Crippen LogP contribution in [0, 0.1) is 5.92 Å². The van der Waals surface area contributed by atoms with E-state index in [-0.39, 0.29) is 24.0 Å². The second-order valence-electron chi connectivity index (χ2n) is 7.73. The van der Waals surface area contributed by atoms with Crippen LogP contribution in [0.3, 0.4) is 0 Å². The minimum absolute atomic E-state index is 0. The van der Waals surface area contributed by atoms with Gasteiger partial charge in [0.15, 0.2) is 5.96 Å². The van der Waals surface area contributed by atoms with Crippen LogP contribution < -0.4 is 15.5 Å². The molecule has 2 atom stereocenters. The van der Waals surface area contributed by atoms with Gasteiger partial charge in [-0.25, -0.2) is 0 Å². The van der Waals surface area contributed by atoms with E-state index in [1.54, 1.807) is 0 Å². The van der Waals surface area contributed by atoms with Crippen molar-refractivity contribution >= 4 is 47.2 Å². The van der Waals surface area contributed by atoms with E-state index in [4.69, 9.17) is 16.6 Å². The summed E-state index contributed by atoms with van der Waals surface area (Å²) in [7, 11) is 0. The molecule has 0 radical (unpaired) electrons. The van der Waals surface area contributed by atoms with Crippen molar-refractivity contribution in [2.75, 3.05) is 50.7 Å². The number of rotatable bonds is 7. The number of aliphatic imine (C=N–C) groups is 1. The van der Waals surface area contributed by atoms with Gasteiger partial charge in [-0.15, -0.1) is 24.0 Å². The minimum atomic E-state index is 0. The number of halogens is 2. The van der Waals surface area contributed by atoms with Gasteiger partial charge in [0.1, 0.15) is 0 Å². The molecule has 2 heterocycles. The molecule has 2 aliphatic rings. The second-order valence-corrected chi connectivity index (χ2v) is 8.17. The van der Waals surface area contributed by atoms with Gasteiger partial charge in [0.25, 0.3) is 0 Å². The summed E-state index contributed by atoms with van der Waals surface area (Å²) in [5.41, 5.74) is 1.20. The van der Waals surface area contributed by atoms with Crippen LogP contribution in [0.2, 0.25) is 5.02 Å². The van der Waals surface area contributed by atoms with Crippen molar-refractivity contribution in [3.05, 3.63) is 29.3 Å². The van der Waals surface area contributed by atoms with Gasteiger partial charge in [0, 0.05) is 49.5 Å². The molecule has 2 N–H and O–H groups in total. The Labute approximate surface area is 192 Å². The Kier molecular flexibility index (Phi) is 10.2. The highest BCUT2D eigenvalue weighted by atomic mass is 127. The monoisotopic (exact) mass is 519 g/mol. The van der Waals surface area contributed by atoms with E-state index in [1.165, 1.54) is 38.2 Å². The van der Waals surface area contributed by atoms with Crippen molar-refractivity contribution in [3.8, 4) is 0 Å². The highest BCUT2D eigenvalue weighted by Crippen LogP contribution is 2.23. The van der Waals surface area contributed by atoms with E-state index in [0.29, 0.717) is 12.0 Å². The second kappa shape index (κ2) is 12.1. The molecule has 1 aromatic rings. The normalized spacial score (nSPS) is 23.0. The lowest BCUT2D eigenvalue weighted by Crippen LogP contribution is -2.45. The first-order valence-corrected chi connectivity index (χ1v) is 10.8. The number of guanidine groups is 1. The van der Waals surface area contributed by atoms with E-state index in [9.17, 15) is 0 Å². The van der Waals surface area contributed by atoms with Gasteiger partial charge >= 0.3 is 0 Å². The molecule has 0 bridgehead atoms. The fraction of sp³-hybridized carbons (Fsp3) is 0.667. The summed E-state index contributed by atoms with van der Waals surface area (Å²) < 4.78 is 0. The van der Waals surface area contributed by atoms with Crippen LogP contribution in [0.5, 0.6) is 0 Å². The largest absolute Gasteiger partial charge is 0.369 e. The molecular formula is C21H35ClIN5. The molecule has 0 amide bonds. The van der Waals surface area contributed by atoms with Gasteiger partial charge in [0.05, 0.1) is 0 Å². The first-order valence-electron chi connectivity index (χ1n) is 10.5. The van der Waals surface area contributed by atoms with Crippen molar-refractivity contribution < 1.29 is 0 Å². The van der Waals surface area contributed by atoms with E-state index in [2.05, 4.69) is 40.3 Å². The van der Waals surface area contributed by atoms with Gasteiger partial charge in [-0.3, -0.25) is 4.99 Å². The summed E-state index contributed by atoms with van der Waals surface area (Å²) >= 11 is 6.14. The van der Waals surface area contributed by atoms with Crippen LogP contribution in [0.25, 0.3) is 0 Å². The van der Waals surface area contributed by atoms with E-state index in [1.807, 2.05) is 18.2 Å². The summed E-state index contributed by atoms with van der Waals surface area (Å²) in [6, 6.07) is 8.55. The first-order chi connectivity index (χ1) is 13.2. The van der Waals surface area contributed by atoms with Crippen molar-refractivity contribution in [2.45, 2.75) is 39.2 Å². The molecule has 1 aromatic carbocycles. The molecule has 2 fully saturated rings. The van der Waals surface area contributed by atoms with Gasteiger partial charge in [0.2, 0.25) is 0 Å². The maximum Gasteiger partial charge on any atom is 0.191 e. The van der Waals surface area contributed by atoms with Gasteiger partial charge in [-0.05, 0) is 63.4 Å². The highest BCUT2D eigenvalue weighted by Gasteiger charge is 2.24. The number of hydrogen-bond donors (Lipinski definition) is 2. The minimum Gasteiger partial charge on any atom is -0.369 e. The lowest BCUT2D eigenvalue weighted by atomic mass is 10.1. The molecule has 2 aliphatic heterocycles. The third kappa shape index (κ3) is 6.95. The Morgan fingerprint density at radius 3 is 2.82 bits per heavy atom. The molecule has 0 aliphatic carbocycles. The Morgan fingerprint density at radius 2 is 2.07 bits per heavy atom. The predicted molar refractivity (Wildman–Crippen MR) is 131 cm³/mol. The molecular weight excluding hydrogens is 485 g/mol. The van der Waals surface area contributed by atoms with E-state index < -0.39 is 0 Å². The summed E-state index contributed by atoms with van der Waals surface area (Å²) in [5, 5.41) is 7.86. The van der Waals surface area contributed by atoms with Crippen LogP contribution in [0.1, 0.15) is 33.1 Å². The smallest absolute Gasteiger partial charge is 0.191 e. The Morgan fingerprint density at radius 1 is 1.21 bits per heavy atom. The van der Waals surface area contributed by atoms with Gasteiger partial charge in [-0.1, -0.05) is 24.6 Å². The standard InChI is InChI=1S/C21H34ClN5.HI/c1-3-10-26-11-8-17(15-26)14-24-21(23-4-2)25-19-9-12-27(16-19)20-7-5-6-18(22)13-20;/h5-7,13,17,19H,3-4,8-12,14-16H2,1-2H3,(H2,23,24,25);1H. The van der Waals surface area contributed by atoms with Crippen LogP contribution in [-0.4, -0.2) is 62.7 Å². The molecule has 0 aromatic heterocycles. The quantitative estimate of drug-likeness (QED) is 0.327. The van der Waals surface area contributed by atoms with Gasteiger partial charge in [-0.2, -0.15) is 0 Å². The summed E-state index contributed by atoms with van der Waals surface area (Å²) in [6.45, 7) is 11.9. The number of nitrogens with zero attached hydrogens (tertiary/aromatic N) is 3. The van der Waals surface area contributed by atoms with Crippen molar-refractivity contribution in [3.63, 3.8) is 0 Å². The number of anilines is 1. The van der Waals surface area contributed by atoms with Crippen molar-refractivity contribution in [1.82, 2.24) is 15.5 Å². The van der Waals surface area contributed by atoms with Crippen LogP contribution >= 0.6 is 35.6 Å². The third-order valence-corrected chi connectivity index (χ3v) is 5.70. The van der Waals surface area contributed by atoms with Crippen LogP contribution in [0.15, 0.2) is 29.3 Å². The Hall–Kier alpha value is -0.730. The topological polar surface area (TPSA) is 42.9 Å². The summed E-state index contributed by atoms with van der Waals surface area (Å²) in [5.74, 6) is 1.66. The summed E-state index contributed by atoms with van der Waals surface area (Å²) in [6.07, 6.45) is 3.63. The molecule has 0 spiro atoms. The maximum atomic E-state index is 6.14. The van der Waals surface area contributed by atoms with Crippen LogP contribution in [0.4, 0.5) is 5.69 Å². The molecule has 2 unspecified atom stereocenters. The molecule has 158 valence electrons. The number of nitrogens with one attached hydrogen (secondary N) is 2. The zero-order valence-electron chi connectivity index (χ0n) is 17.2. The van der Waals surface area contributed by atoms with E-state index in [0.717, 1.165) is 43.6 Å². The zero-order chi connectivity index (χ0) is 19.1. The van der Waals surface area contributed by atoms with Crippen molar-refractivity contribution in [2.24, 2.45) is 10.9 Å². The van der Waals surface area contributed by atoms with E-state index >= 15 is 0 Å². The fourth-order valence-corrected chi connectivity index (χ4v) is 4.28. The van der Waals surface area contributed by atoms with Crippen LogP contribution in [-0.2, 0) is 0 Å². The highest BCUT2D eigenvalue weighted by molar-refractivity contribution is 14.0. The summed E-state index contributed by atoms with van der Waals surface area (Å²) in [4.78, 5) is 9.86. The predicted octanol–water partition coefficient (Wildman–Crippen LogP) is 3.82. The number of benzene rings is 1. The maximum absolute atomic E-state index is 6.14. The third-order valence-electron chi connectivity index (χ3n) is 5.46. The molecule has 28 heavy (non-hydrogen) atoms. The number of likely N-dealkylation sites (tertiary alicyclic amines) is 1. The Balaban J connectivity index is 0.00000280. The molecule has 7 heteroatoms. The fourth-order valence-electron chi connectivity index (χ4n) is 4.10. The first kappa shape index (κ1) is 23.5. The average Bonchev–Trinajstić information content (AvgIpc) is 3.30. The van der Waals surface area contributed by atoms with Gasteiger partial charge < -0.3 is 20.4 Å². The lowest BCUT2D eigenvalue weighted by molar-refractivity contribution is 0.326. The molecule has 2 saturated heterocycles. The molecule has 5 nitrogen and oxygen atoms in total. The average molecular weight is 520 g/mol. The zero-order valence-corrected chi connectivity index (χ0v) is 20.2. The van der Waals surface area contributed by atoms with Crippen molar-refractivity contribution in [1.29, 1.82) is 0 Å². The Bertz CT molecular complexity index is 627.